The lowest BCUT2D eigenvalue weighted by Crippen LogP contribution is -2.56. The summed E-state index contributed by atoms with van der Waals surface area (Å²) in [5.41, 5.74) is 1.75. The van der Waals surface area contributed by atoms with Crippen LogP contribution in [-0.4, -0.2) is 72.9 Å². The van der Waals surface area contributed by atoms with Crippen LogP contribution in [0.25, 0.3) is 0 Å². The van der Waals surface area contributed by atoms with Crippen molar-refractivity contribution in [3.05, 3.63) is 29.3 Å². The van der Waals surface area contributed by atoms with E-state index in [1.807, 2.05) is 31.7 Å². The summed E-state index contributed by atoms with van der Waals surface area (Å²) < 4.78 is 16.1. The summed E-state index contributed by atoms with van der Waals surface area (Å²) >= 11 is 0. The minimum atomic E-state index is -0.478. The third-order valence-corrected chi connectivity index (χ3v) is 5.89. The van der Waals surface area contributed by atoms with E-state index in [4.69, 9.17) is 14.2 Å². The van der Waals surface area contributed by atoms with Gasteiger partial charge in [0, 0.05) is 43.8 Å². The zero-order valence-electron chi connectivity index (χ0n) is 20.0. The number of esters is 1. The first-order chi connectivity index (χ1) is 15.2. The number of methoxy groups -OCH3 is 1. The highest BCUT2D eigenvalue weighted by molar-refractivity contribution is 5.71. The topological polar surface area (TPSA) is 80.3 Å². The number of nitrogens with zero attached hydrogens (tertiary/aromatic N) is 2. The van der Waals surface area contributed by atoms with Gasteiger partial charge in [-0.3, -0.25) is 9.69 Å². The molecule has 1 N–H and O–H groups in total. The van der Waals surface area contributed by atoms with Crippen LogP contribution in [0.4, 0.5) is 4.79 Å². The number of piperazine rings is 1. The molecule has 3 rings (SSSR count). The molecule has 2 fully saturated rings. The van der Waals surface area contributed by atoms with Crippen LogP contribution in [0.3, 0.4) is 0 Å². The van der Waals surface area contributed by atoms with E-state index in [0.717, 1.165) is 43.8 Å². The Bertz CT molecular complexity index is 816. The molecule has 0 aromatic heterocycles. The fraction of sp³-hybridized carbons (Fsp3) is 0.667. The standard InChI is InChI=1S/C24H37N3O5/c1-6-31-21(28)15-25-14-19-8-7-18(13-20(19)30-5)16-27-12-11-26(17-24(27)9-10-24)22(29)32-23(2,3)4/h7-8,13,25H,6,9-12,14-17H2,1-5H3. The van der Waals surface area contributed by atoms with Crippen LogP contribution in [0.5, 0.6) is 5.75 Å². The predicted molar refractivity (Wildman–Crippen MR) is 122 cm³/mol. The molecule has 1 amide bonds. The highest BCUT2D eigenvalue weighted by atomic mass is 16.6. The molecule has 1 heterocycles. The number of hydrogen-bond donors (Lipinski definition) is 1. The summed E-state index contributed by atoms with van der Waals surface area (Å²) in [5, 5.41) is 3.10. The summed E-state index contributed by atoms with van der Waals surface area (Å²) in [7, 11) is 1.66. The van der Waals surface area contributed by atoms with E-state index in [1.165, 1.54) is 5.56 Å². The Labute approximate surface area is 191 Å². The minimum Gasteiger partial charge on any atom is -0.496 e. The lowest BCUT2D eigenvalue weighted by atomic mass is 10.1. The van der Waals surface area contributed by atoms with E-state index >= 15 is 0 Å². The molecule has 1 aromatic carbocycles. The van der Waals surface area contributed by atoms with E-state index in [0.29, 0.717) is 19.7 Å². The van der Waals surface area contributed by atoms with E-state index in [2.05, 4.69) is 22.3 Å². The van der Waals surface area contributed by atoms with Crippen molar-refractivity contribution < 1.29 is 23.8 Å². The second-order valence-electron chi connectivity index (χ2n) is 9.60. The summed E-state index contributed by atoms with van der Waals surface area (Å²) in [5.74, 6) is 0.541. The zero-order valence-corrected chi connectivity index (χ0v) is 20.0. The molecule has 1 saturated heterocycles. The molecule has 0 atom stereocenters. The number of carbonyl (C=O) groups excluding carboxylic acids is 2. The van der Waals surface area contributed by atoms with Crippen molar-refractivity contribution >= 4 is 12.1 Å². The molecule has 1 spiro atoms. The van der Waals surface area contributed by atoms with Crippen LogP contribution in [0, 0.1) is 0 Å². The molecular weight excluding hydrogens is 410 g/mol. The number of hydrogen-bond acceptors (Lipinski definition) is 7. The maximum Gasteiger partial charge on any atom is 0.410 e. The molecule has 8 heteroatoms. The molecule has 1 saturated carbocycles. The van der Waals surface area contributed by atoms with Gasteiger partial charge >= 0.3 is 12.1 Å². The number of carbonyl (C=O) groups is 2. The Balaban J connectivity index is 1.58. The highest BCUT2D eigenvalue weighted by Gasteiger charge is 2.52. The van der Waals surface area contributed by atoms with Crippen molar-refractivity contribution in [2.24, 2.45) is 0 Å². The first-order valence-electron chi connectivity index (χ1n) is 11.4. The largest absolute Gasteiger partial charge is 0.496 e. The van der Waals surface area contributed by atoms with Crippen molar-refractivity contribution in [3.8, 4) is 5.75 Å². The number of rotatable bonds is 8. The average molecular weight is 448 g/mol. The Morgan fingerprint density at radius 1 is 1.19 bits per heavy atom. The van der Waals surface area contributed by atoms with Crippen molar-refractivity contribution in [1.82, 2.24) is 15.1 Å². The van der Waals surface area contributed by atoms with Gasteiger partial charge in [-0.2, -0.15) is 0 Å². The SMILES string of the molecule is CCOC(=O)CNCc1ccc(CN2CCN(C(=O)OC(C)(C)C)CC23CC3)cc1OC. The quantitative estimate of drug-likeness (QED) is 0.614. The van der Waals surface area contributed by atoms with E-state index in [9.17, 15) is 9.59 Å². The first-order valence-corrected chi connectivity index (χ1v) is 11.4. The van der Waals surface area contributed by atoms with Gasteiger partial charge in [0.2, 0.25) is 0 Å². The van der Waals surface area contributed by atoms with Crippen LogP contribution in [0.1, 0.15) is 51.7 Å². The van der Waals surface area contributed by atoms with Crippen molar-refractivity contribution in [3.63, 3.8) is 0 Å². The monoisotopic (exact) mass is 447 g/mol. The van der Waals surface area contributed by atoms with E-state index in [-0.39, 0.29) is 24.1 Å². The van der Waals surface area contributed by atoms with Gasteiger partial charge in [0.1, 0.15) is 11.4 Å². The van der Waals surface area contributed by atoms with Gasteiger partial charge in [-0.1, -0.05) is 12.1 Å². The number of amides is 1. The molecule has 1 aliphatic carbocycles. The Morgan fingerprint density at radius 2 is 1.94 bits per heavy atom. The summed E-state index contributed by atoms with van der Waals surface area (Å²) in [6.45, 7) is 11.6. The minimum absolute atomic E-state index is 0.0578. The fourth-order valence-electron chi connectivity index (χ4n) is 4.13. The van der Waals surface area contributed by atoms with E-state index in [1.54, 1.807) is 14.0 Å². The first kappa shape index (κ1) is 24.3. The van der Waals surface area contributed by atoms with Gasteiger partial charge in [-0.05, 0) is 52.2 Å². The lowest BCUT2D eigenvalue weighted by Gasteiger charge is -2.42. The number of benzene rings is 1. The van der Waals surface area contributed by atoms with Crippen LogP contribution in [-0.2, 0) is 27.4 Å². The molecule has 0 unspecified atom stereocenters. The van der Waals surface area contributed by atoms with Crippen molar-refractivity contribution in [1.29, 1.82) is 0 Å². The third kappa shape index (κ3) is 6.36. The van der Waals surface area contributed by atoms with Crippen LogP contribution in [0.15, 0.2) is 18.2 Å². The smallest absolute Gasteiger partial charge is 0.410 e. The molecular formula is C24H37N3O5. The summed E-state index contributed by atoms with van der Waals surface area (Å²) in [6, 6.07) is 6.22. The highest BCUT2D eigenvalue weighted by Crippen LogP contribution is 2.45. The van der Waals surface area contributed by atoms with Gasteiger partial charge in [-0.25, -0.2) is 4.79 Å². The van der Waals surface area contributed by atoms with E-state index < -0.39 is 5.60 Å². The zero-order chi connectivity index (χ0) is 23.4. The van der Waals surface area contributed by atoms with Crippen molar-refractivity contribution in [2.45, 2.75) is 64.8 Å². The number of ether oxygens (including phenoxy) is 3. The van der Waals surface area contributed by atoms with Crippen LogP contribution in [0.2, 0.25) is 0 Å². The Hall–Kier alpha value is -2.32. The molecule has 8 nitrogen and oxygen atoms in total. The normalized spacial score (nSPS) is 17.8. The van der Waals surface area contributed by atoms with Gasteiger partial charge in [0.05, 0.1) is 20.3 Å². The van der Waals surface area contributed by atoms with Crippen LogP contribution < -0.4 is 10.1 Å². The lowest BCUT2D eigenvalue weighted by molar-refractivity contribution is -0.142. The summed E-state index contributed by atoms with van der Waals surface area (Å²) in [6.07, 6.45) is 1.98. The molecule has 178 valence electrons. The molecule has 2 aliphatic rings. The molecule has 0 bridgehead atoms. The Kier molecular flexibility index (Phi) is 7.67. The molecule has 1 aliphatic heterocycles. The van der Waals surface area contributed by atoms with Crippen LogP contribution >= 0.6 is 0 Å². The Morgan fingerprint density at radius 3 is 2.56 bits per heavy atom. The van der Waals surface area contributed by atoms with Gasteiger partial charge < -0.3 is 24.4 Å². The molecule has 0 radical (unpaired) electrons. The van der Waals surface area contributed by atoms with Crippen molar-refractivity contribution in [2.75, 3.05) is 39.9 Å². The average Bonchev–Trinajstić information content (AvgIpc) is 3.49. The fourth-order valence-corrected chi connectivity index (χ4v) is 4.13. The predicted octanol–water partition coefficient (Wildman–Crippen LogP) is 2.93. The second-order valence-corrected chi connectivity index (χ2v) is 9.60. The molecule has 1 aromatic rings. The third-order valence-electron chi connectivity index (χ3n) is 5.89. The maximum atomic E-state index is 12.5. The molecule has 32 heavy (non-hydrogen) atoms. The van der Waals surface area contributed by atoms with Gasteiger partial charge in [-0.15, -0.1) is 0 Å². The van der Waals surface area contributed by atoms with Gasteiger partial charge in [0.15, 0.2) is 0 Å². The number of nitrogens with one attached hydrogen (secondary N) is 1. The summed E-state index contributed by atoms with van der Waals surface area (Å²) in [4.78, 5) is 28.4. The second kappa shape index (κ2) is 10.1. The van der Waals surface area contributed by atoms with Gasteiger partial charge in [0.25, 0.3) is 0 Å². The maximum absolute atomic E-state index is 12.5.